The maximum absolute atomic E-state index is 13.3. The van der Waals surface area contributed by atoms with Gasteiger partial charge in [-0.3, -0.25) is 0 Å². The Morgan fingerprint density at radius 2 is 2.00 bits per heavy atom. The lowest BCUT2D eigenvalue weighted by molar-refractivity contribution is 0.625. The normalized spacial score (nSPS) is 11.7. The van der Waals surface area contributed by atoms with E-state index in [1.165, 1.54) is 12.1 Å². The molecule has 1 N–H and O–H groups in total. The Labute approximate surface area is 123 Å². The molecule has 19 heavy (non-hydrogen) atoms. The molecule has 0 heterocycles. The van der Waals surface area contributed by atoms with Crippen molar-refractivity contribution in [2.75, 3.05) is 5.32 Å². The number of anilines is 1. The molecule has 0 aliphatic rings. The molecule has 0 bridgehead atoms. The quantitative estimate of drug-likeness (QED) is 0.861. The fraction of sp³-hybridized carbons (Fsp3) is 0.0714. The van der Waals surface area contributed by atoms with Crippen LogP contribution in [0.5, 0.6) is 0 Å². The molecule has 0 saturated carbocycles. The molecule has 0 radical (unpaired) electrons. The fourth-order valence-electron chi connectivity index (χ4n) is 1.67. The number of nitriles is 1. The topological polar surface area (TPSA) is 35.8 Å². The van der Waals surface area contributed by atoms with Crippen LogP contribution in [0.1, 0.15) is 11.6 Å². The minimum atomic E-state index is -0.674. The molecule has 5 heteroatoms. The third-order valence-electron chi connectivity index (χ3n) is 2.52. The Morgan fingerprint density at radius 1 is 1.26 bits per heavy atom. The summed E-state index contributed by atoms with van der Waals surface area (Å²) in [6.45, 7) is 0. The summed E-state index contributed by atoms with van der Waals surface area (Å²) in [5.41, 5.74) is 1.25. The first-order chi connectivity index (χ1) is 9.10. The van der Waals surface area contributed by atoms with Gasteiger partial charge in [0.25, 0.3) is 0 Å². The molecule has 2 rings (SSSR count). The van der Waals surface area contributed by atoms with Gasteiger partial charge in [0, 0.05) is 15.2 Å². The Hall–Kier alpha value is -1.57. The summed E-state index contributed by atoms with van der Waals surface area (Å²) >= 11 is 9.18. The lowest BCUT2D eigenvalue weighted by Gasteiger charge is -2.15. The van der Waals surface area contributed by atoms with Gasteiger partial charge in [0.2, 0.25) is 0 Å². The van der Waals surface area contributed by atoms with Crippen molar-refractivity contribution in [3.63, 3.8) is 0 Å². The van der Waals surface area contributed by atoms with Gasteiger partial charge >= 0.3 is 0 Å². The van der Waals surface area contributed by atoms with Gasteiger partial charge in [-0.25, -0.2) is 4.39 Å². The molecule has 0 aliphatic carbocycles. The van der Waals surface area contributed by atoms with Crippen molar-refractivity contribution >= 4 is 33.2 Å². The molecular formula is C14H9BrClFN2. The largest absolute Gasteiger partial charge is 0.365 e. The van der Waals surface area contributed by atoms with E-state index in [2.05, 4.69) is 27.3 Å². The molecule has 2 aromatic carbocycles. The smallest absolute Gasteiger partial charge is 0.140 e. The predicted molar refractivity (Wildman–Crippen MR) is 77.5 cm³/mol. The van der Waals surface area contributed by atoms with E-state index in [0.29, 0.717) is 5.56 Å². The second-order valence-electron chi connectivity index (χ2n) is 3.89. The first-order valence-electron chi connectivity index (χ1n) is 5.47. The number of benzene rings is 2. The summed E-state index contributed by atoms with van der Waals surface area (Å²) in [5, 5.41) is 12.5. The highest BCUT2D eigenvalue weighted by molar-refractivity contribution is 9.10. The Balaban J connectivity index is 2.31. The summed E-state index contributed by atoms with van der Waals surface area (Å²) in [7, 11) is 0. The van der Waals surface area contributed by atoms with Crippen LogP contribution in [-0.4, -0.2) is 0 Å². The molecule has 0 aliphatic heterocycles. The van der Waals surface area contributed by atoms with Gasteiger partial charge in [-0.2, -0.15) is 5.26 Å². The van der Waals surface area contributed by atoms with Crippen LogP contribution in [-0.2, 0) is 0 Å². The molecule has 0 amide bonds. The highest BCUT2D eigenvalue weighted by Crippen LogP contribution is 2.27. The lowest BCUT2D eigenvalue weighted by Crippen LogP contribution is -2.09. The summed E-state index contributed by atoms with van der Waals surface area (Å²) in [6.07, 6.45) is 0. The van der Waals surface area contributed by atoms with Gasteiger partial charge in [0.1, 0.15) is 11.9 Å². The highest BCUT2D eigenvalue weighted by atomic mass is 79.9. The summed E-state index contributed by atoms with van der Waals surface area (Å²) in [5.74, 6) is -0.461. The summed E-state index contributed by atoms with van der Waals surface area (Å²) in [4.78, 5) is 0. The Bertz CT molecular complexity index is 619. The van der Waals surface area contributed by atoms with E-state index in [4.69, 9.17) is 11.6 Å². The van der Waals surface area contributed by atoms with Gasteiger partial charge < -0.3 is 5.32 Å². The van der Waals surface area contributed by atoms with Crippen LogP contribution >= 0.6 is 27.5 Å². The van der Waals surface area contributed by atoms with Gasteiger partial charge in [-0.05, 0) is 51.8 Å². The molecular weight excluding hydrogens is 331 g/mol. The second kappa shape index (κ2) is 6.05. The first kappa shape index (κ1) is 13.9. The molecule has 0 aromatic heterocycles. The third kappa shape index (κ3) is 3.46. The minimum absolute atomic E-state index is 0.268. The van der Waals surface area contributed by atoms with Crippen molar-refractivity contribution in [3.8, 4) is 6.07 Å². The maximum atomic E-state index is 13.3. The summed E-state index contributed by atoms with van der Waals surface area (Å²) in [6, 6.07) is 12.9. The molecule has 1 atom stereocenters. The van der Waals surface area contributed by atoms with Crippen molar-refractivity contribution in [2.45, 2.75) is 6.04 Å². The number of rotatable bonds is 3. The van der Waals surface area contributed by atoms with Gasteiger partial charge in [-0.1, -0.05) is 23.7 Å². The van der Waals surface area contributed by atoms with Crippen molar-refractivity contribution in [1.82, 2.24) is 0 Å². The average Bonchev–Trinajstić information content (AvgIpc) is 2.36. The van der Waals surface area contributed by atoms with Crippen molar-refractivity contribution < 1.29 is 4.39 Å². The van der Waals surface area contributed by atoms with Gasteiger partial charge in [0.05, 0.1) is 6.07 Å². The first-order valence-corrected chi connectivity index (χ1v) is 6.64. The number of hydrogen-bond donors (Lipinski definition) is 1. The van der Waals surface area contributed by atoms with Crippen LogP contribution in [0.4, 0.5) is 10.1 Å². The van der Waals surface area contributed by atoms with E-state index in [9.17, 15) is 9.65 Å². The molecule has 96 valence electrons. The average molecular weight is 340 g/mol. The third-order valence-corrected chi connectivity index (χ3v) is 3.43. The molecule has 2 nitrogen and oxygen atoms in total. The van der Waals surface area contributed by atoms with Crippen LogP contribution in [0.2, 0.25) is 5.02 Å². The Kier molecular flexibility index (Phi) is 4.41. The number of hydrogen-bond acceptors (Lipinski definition) is 2. The molecule has 1 unspecified atom stereocenters. The van der Waals surface area contributed by atoms with Crippen LogP contribution in [0.3, 0.4) is 0 Å². The van der Waals surface area contributed by atoms with Crippen LogP contribution < -0.4 is 5.32 Å². The van der Waals surface area contributed by atoms with Gasteiger partial charge in [0.15, 0.2) is 0 Å². The van der Waals surface area contributed by atoms with Crippen LogP contribution in [0, 0.1) is 17.1 Å². The highest BCUT2D eigenvalue weighted by Gasteiger charge is 2.13. The molecule has 0 saturated heterocycles. The predicted octanol–water partition coefficient (Wildman–Crippen LogP) is 4.92. The number of para-hydroxylation sites is 1. The van der Waals surface area contributed by atoms with E-state index < -0.39 is 11.9 Å². The standard InChI is InChI=1S/C14H9BrClFN2/c15-12-3-1-2-4-13(12)19-14(8-18)9-5-10(16)7-11(17)6-9/h1-7,14,19H. The zero-order valence-electron chi connectivity index (χ0n) is 9.70. The fourth-order valence-corrected chi connectivity index (χ4v) is 2.30. The zero-order valence-corrected chi connectivity index (χ0v) is 12.0. The zero-order chi connectivity index (χ0) is 13.8. The van der Waals surface area contributed by atoms with E-state index in [0.717, 1.165) is 10.2 Å². The summed E-state index contributed by atoms with van der Waals surface area (Å²) < 4.78 is 14.1. The van der Waals surface area contributed by atoms with Crippen molar-refractivity contribution in [3.05, 3.63) is 63.3 Å². The Morgan fingerprint density at radius 3 is 2.63 bits per heavy atom. The lowest BCUT2D eigenvalue weighted by atomic mass is 10.1. The monoisotopic (exact) mass is 338 g/mol. The number of nitrogens with zero attached hydrogens (tertiary/aromatic N) is 1. The van der Waals surface area contributed by atoms with Gasteiger partial charge in [-0.15, -0.1) is 0 Å². The number of nitrogens with one attached hydrogen (secondary N) is 1. The van der Waals surface area contributed by atoms with Crippen LogP contribution in [0.15, 0.2) is 46.9 Å². The van der Waals surface area contributed by atoms with E-state index in [1.807, 2.05) is 24.3 Å². The molecule has 0 fully saturated rings. The van der Waals surface area contributed by atoms with E-state index in [1.54, 1.807) is 6.07 Å². The van der Waals surface area contributed by atoms with E-state index in [-0.39, 0.29) is 5.02 Å². The number of halogens is 3. The van der Waals surface area contributed by atoms with Crippen molar-refractivity contribution in [2.24, 2.45) is 0 Å². The SMILES string of the molecule is N#CC(Nc1ccccc1Br)c1cc(F)cc(Cl)c1. The second-order valence-corrected chi connectivity index (χ2v) is 5.18. The van der Waals surface area contributed by atoms with E-state index >= 15 is 0 Å². The minimum Gasteiger partial charge on any atom is -0.365 e. The maximum Gasteiger partial charge on any atom is 0.140 e. The molecule has 0 spiro atoms. The molecule has 2 aromatic rings. The van der Waals surface area contributed by atoms with Crippen molar-refractivity contribution in [1.29, 1.82) is 5.26 Å². The van der Waals surface area contributed by atoms with Crippen LogP contribution in [0.25, 0.3) is 0 Å².